The zero-order valence-electron chi connectivity index (χ0n) is 18.3. The van der Waals surface area contributed by atoms with E-state index in [-0.39, 0.29) is 0 Å². The van der Waals surface area contributed by atoms with Crippen LogP contribution in [0, 0.1) is 5.92 Å². The largest absolute Gasteiger partial charge is 0.381 e. The standard InChI is InChI=1S/C16H19N5O2.C7H15N/c22-11-20-15-7-13(1-4-18-15)14-9-17-10-16(21-14)19-8-12-2-5-23-6-3-12;1-2-7-5-3-4-6-8-7/h1,4,7,9-12H,2-3,5-6,8H2,(H,19,21)(H,18,20,22);7-8H,2-6H2,1H3. The van der Waals surface area contributed by atoms with Crippen LogP contribution < -0.4 is 16.0 Å². The van der Waals surface area contributed by atoms with Crippen molar-refractivity contribution < 1.29 is 9.53 Å². The molecule has 4 heterocycles. The summed E-state index contributed by atoms with van der Waals surface area (Å²) >= 11 is 0. The van der Waals surface area contributed by atoms with E-state index < -0.39 is 0 Å². The predicted octanol–water partition coefficient (Wildman–Crippen LogP) is 3.48. The van der Waals surface area contributed by atoms with E-state index in [2.05, 4.69) is 37.8 Å². The van der Waals surface area contributed by atoms with Gasteiger partial charge in [-0.2, -0.15) is 0 Å². The van der Waals surface area contributed by atoms with Crippen LogP contribution in [0.2, 0.25) is 0 Å². The van der Waals surface area contributed by atoms with Gasteiger partial charge in [0.25, 0.3) is 0 Å². The van der Waals surface area contributed by atoms with E-state index in [4.69, 9.17) is 4.74 Å². The summed E-state index contributed by atoms with van der Waals surface area (Å²) in [6, 6.07) is 4.44. The molecule has 2 saturated heterocycles. The minimum absolute atomic E-state index is 0.486. The quantitative estimate of drug-likeness (QED) is 0.583. The minimum atomic E-state index is 0.486. The van der Waals surface area contributed by atoms with Gasteiger partial charge in [-0.15, -0.1) is 0 Å². The number of rotatable bonds is 7. The Morgan fingerprint density at radius 2 is 2.06 bits per heavy atom. The summed E-state index contributed by atoms with van der Waals surface area (Å²) in [4.78, 5) is 23.4. The Labute approximate surface area is 184 Å². The third-order valence-corrected chi connectivity index (χ3v) is 5.71. The highest BCUT2D eigenvalue weighted by Crippen LogP contribution is 2.20. The highest BCUT2D eigenvalue weighted by Gasteiger charge is 2.14. The smallest absolute Gasteiger partial charge is 0.212 e. The van der Waals surface area contributed by atoms with Crippen LogP contribution in [-0.2, 0) is 9.53 Å². The number of piperidine rings is 1. The highest BCUT2D eigenvalue weighted by atomic mass is 16.5. The Bertz CT molecular complexity index is 791. The molecule has 2 aromatic rings. The average molecular weight is 427 g/mol. The Balaban J connectivity index is 0.000000287. The van der Waals surface area contributed by atoms with Crippen LogP contribution in [0.4, 0.5) is 11.6 Å². The molecule has 2 aliphatic heterocycles. The van der Waals surface area contributed by atoms with Gasteiger partial charge in [0.2, 0.25) is 6.41 Å². The molecule has 1 unspecified atom stereocenters. The van der Waals surface area contributed by atoms with E-state index in [0.717, 1.165) is 55.7 Å². The molecule has 4 rings (SSSR count). The van der Waals surface area contributed by atoms with E-state index in [1.165, 1.54) is 32.2 Å². The first-order valence-electron chi connectivity index (χ1n) is 11.3. The van der Waals surface area contributed by atoms with Crippen LogP contribution in [0.25, 0.3) is 11.3 Å². The molecule has 31 heavy (non-hydrogen) atoms. The van der Waals surface area contributed by atoms with E-state index in [0.29, 0.717) is 18.1 Å². The summed E-state index contributed by atoms with van der Waals surface area (Å²) in [7, 11) is 0. The van der Waals surface area contributed by atoms with Crippen molar-refractivity contribution in [3.63, 3.8) is 0 Å². The number of anilines is 2. The number of amides is 1. The Morgan fingerprint density at radius 3 is 2.77 bits per heavy atom. The molecule has 1 atom stereocenters. The fourth-order valence-corrected chi connectivity index (χ4v) is 3.79. The summed E-state index contributed by atoms with van der Waals surface area (Å²) in [5, 5.41) is 9.35. The monoisotopic (exact) mass is 426 g/mol. The van der Waals surface area contributed by atoms with Crippen molar-refractivity contribution in [2.24, 2.45) is 5.92 Å². The van der Waals surface area contributed by atoms with Crippen LogP contribution in [0.3, 0.4) is 0 Å². The number of carbonyl (C=O) groups is 1. The first kappa shape index (κ1) is 23.1. The van der Waals surface area contributed by atoms with E-state index in [9.17, 15) is 4.79 Å². The summed E-state index contributed by atoms with van der Waals surface area (Å²) < 4.78 is 5.37. The molecule has 3 N–H and O–H groups in total. The van der Waals surface area contributed by atoms with Crippen LogP contribution in [0.15, 0.2) is 30.7 Å². The molecular weight excluding hydrogens is 392 g/mol. The number of aromatic nitrogens is 3. The van der Waals surface area contributed by atoms with Gasteiger partial charge in [-0.1, -0.05) is 13.3 Å². The molecule has 2 fully saturated rings. The maximum Gasteiger partial charge on any atom is 0.212 e. The van der Waals surface area contributed by atoms with Crippen molar-refractivity contribution in [3.05, 3.63) is 30.7 Å². The molecule has 0 aliphatic carbocycles. The lowest BCUT2D eigenvalue weighted by Crippen LogP contribution is -2.32. The number of nitrogens with one attached hydrogen (secondary N) is 3. The topological polar surface area (TPSA) is 101 Å². The van der Waals surface area contributed by atoms with Crippen molar-refractivity contribution in [2.75, 3.05) is 36.9 Å². The summed E-state index contributed by atoms with van der Waals surface area (Å²) in [5.74, 6) is 1.84. The van der Waals surface area contributed by atoms with Gasteiger partial charge in [0.1, 0.15) is 11.6 Å². The maximum atomic E-state index is 10.5. The molecule has 0 saturated carbocycles. The number of nitrogens with zero attached hydrogens (tertiary/aromatic N) is 3. The third-order valence-electron chi connectivity index (χ3n) is 5.71. The van der Waals surface area contributed by atoms with Gasteiger partial charge < -0.3 is 20.7 Å². The van der Waals surface area contributed by atoms with Gasteiger partial charge in [0.15, 0.2) is 0 Å². The molecule has 0 spiro atoms. The van der Waals surface area contributed by atoms with Crippen molar-refractivity contribution in [3.8, 4) is 11.3 Å². The summed E-state index contributed by atoms with van der Waals surface area (Å²) in [5.41, 5.74) is 1.59. The molecule has 8 nitrogen and oxygen atoms in total. The molecular formula is C23H34N6O2. The second-order valence-corrected chi connectivity index (χ2v) is 7.97. The van der Waals surface area contributed by atoms with Gasteiger partial charge in [0, 0.05) is 37.6 Å². The fraction of sp³-hybridized carbons (Fsp3) is 0.565. The zero-order valence-corrected chi connectivity index (χ0v) is 18.3. The summed E-state index contributed by atoms with van der Waals surface area (Å²) in [6.07, 6.45) is 13.3. The lowest BCUT2D eigenvalue weighted by Gasteiger charge is -2.22. The molecule has 2 aliphatic rings. The van der Waals surface area contributed by atoms with E-state index in [1.54, 1.807) is 24.7 Å². The Kier molecular flexibility index (Phi) is 9.66. The third kappa shape index (κ3) is 7.88. The Morgan fingerprint density at radius 1 is 1.19 bits per heavy atom. The van der Waals surface area contributed by atoms with E-state index in [1.807, 2.05) is 6.07 Å². The molecule has 168 valence electrons. The molecule has 1 amide bonds. The predicted molar refractivity (Wildman–Crippen MR) is 123 cm³/mol. The fourth-order valence-electron chi connectivity index (χ4n) is 3.79. The molecule has 0 radical (unpaired) electrons. The van der Waals surface area contributed by atoms with Crippen LogP contribution >= 0.6 is 0 Å². The van der Waals surface area contributed by atoms with E-state index >= 15 is 0 Å². The number of hydrogen-bond acceptors (Lipinski definition) is 7. The second kappa shape index (κ2) is 13.0. The number of hydrogen-bond donors (Lipinski definition) is 3. The second-order valence-electron chi connectivity index (χ2n) is 7.97. The zero-order chi connectivity index (χ0) is 21.7. The van der Waals surface area contributed by atoms with Crippen molar-refractivity contribution in [1.29, 1.82) is 0 Å². The molecule has 8 heteroatoms. The first-order chi connectivity index (χ1) is 15.3. The highest BCUT2D eigenvalue weighted by molar-refractivity contribution is 5.72. The first-order valence-corrected chi connectivity index (χ1v) is 11.3. The Hall–Kier alpha value is -2.58. The SMILES string of the molecule is CCC1CCCCN1.O=CNc1cc(-c2cncc(NCC3CCOCC3)n2)ccn1. The lowest BCUT2D eigenvalue weighted by atomic mass is 10.0. The number of pyridine rings is 1. The normalized spacial score (nSPS) is 19.1. The lowest BCUT2D eigenvalue weighted by molar-refractivity contribution is -0.105. The van der Waals surface area contributed by atoms with Gasteiger partial charge >= 0.3 is 0 Å². The van der Waals surface area contributed by atoms with Crippen molar-refractivity contribution in [1.82, 2.24) is 20.3 Å². The average Bonchev–Trinajstić information content (AvgIpc) is 2.85. The molecule has 0 bridgehead atoms. The maximum absolute atomic E-state index is 10.5. The van der Waals surface area contributed by atoms with Crippen molar-refractivity contribution >= 4 is 18.0 Å². The molecule has 2 aromatic heterocycles. The van der Waals surface area contributed by atoms with Crippen LogP contribution in [-0.4, -0.2) is 53.7 Å². The summed E-state index contributed by atoms with van der Waals surface area (Å²) in [6.45, 7) is 6.04. The molecule has 0 aromatic carbocycles. The van der Waals surface area contributed by atoms with Crippen LogP contribution in [0.5, 0.6) is 0 Å². The van der Waals surface area contributed by atoms with Gasteiger partial charge in [0.05, 0.1) is 18.1 Å². The number of ether oxygens (including phenoxy) is 1. The minimum Gasteiger partial charge on any atom is -0.381 e. The number of carbonyl (C=O) groups excluding carboxylic acids is 1. The van der Waals surface area contributed by atoms with Gasteiger partial charge in [-0.05, 0) is 56.7 Å². The van der Waals surface area contributed by atoms with Gasteiger partial charge in [-0.25, -0.2) is 9.97 Å². The van der Waals surface area contributed by atoms with Crippen LogP contribution in [0.1, 0.15) is 45.4 Å². The van der Waals surface area contributed by atoms with Gasteiger partial charge in [-0.3, -0.25) is 9.78 Å². The van der Waals surface area contributed by atoms with Crippen molar-refractivity contribution in [2.45, 2.75) is 51.5 Å².